The molecule has 0 atom stereocenters. The summed E-state index contributed by atoms with van der Waals surface area (Å²) in [5.74, 6) is -0.226. The van der Waals surface area contributed by atoms with E-state index in [-0.39, 0.29) is 10.9 Å². The predicted octanol–water partition coefficient (Wildman–Crippen LogP) is 0.0478. The highest BCUT2D eigenvalue weighted by molar-refractivity contribution is 7.90. The fourth-order valence-electron chi connectivity index (χ4n) is 0.960. The number of sulfone groups is 1. The van der Waals surface area contributed by atoms with Crippen LogP contribution in [0.15, 0.2) is 29.2 Å². The molecule has 0 aliphatic carbocycles. The fraction of sp³-hybridized carbons (Fsp3) is 0.125. The van der Waals surface area contributed by atoms with Crippen molar-refractivity contribution in [1.82, 2.24) is 0 Å². The number of guanidine groups is 1. The number of benzene rings is 1. The van der Waals surface area contributed by atoms with Crippen molar-refractivity contribution < 1.29 is 18.7 Å². The van der Waals surface area contributed by atoms with Gasteiger partial charge in [0.1, 0.15) is 0 Å². The Kier molecular flexibility index (Phi) is 5.56. The van der Waals surface area contributed by atoms with Crippen molar-refractivity contribution in [2.45, 2.75) is 4.90 Å². The van der Waals surface area contributed by atoms with E-state index in [9.17, 15) is 8.42 Å². The Morgan fingerprint density at radius 2 is 2.06 bits per heavy atom. The molecule has 0 saturated heterocycles. The molecule has 0 aromatic heterocycles. The van der Waals surface area contributed by atoms with Crippen LogP contribution in [0.5, 0.6) is 0 Å². The quantitative estimate of drug-likeness (QED) is 0.257. The minimum Gasteiger partial charge on any atom is -0.370 e. The highest BCUT2D eigenvalue weighted by atomic mass is 32.2. The van der Waals surface area contributed by atoms with Crippen molar-refractivity contribution in [2.24, 2.45) is 5.73 Å². The lowest BCUT2D eigenvalue weighted by molar-refractivity contribution is -0.742. The van der Waals surface area contributed by atoms with Gasteiger partial charge in [-0.25, -0.2) is 8.42 Å². The van der Waals surface area contributed by atoms with Gasteiger partial charge in [-0.2, -0.15) is 0 Å². The van der Waals surface area contributed by atoms with Gasteiger partial charge in [-0.3, -0.25) is 5.41 Å². The first-order chi connectivity index (χ1) is 8.12. The van der Waals surface area contributed by atoms with Crippen molar-refractivity contribution >= 4 is 21.5 Å². The van der Waals surface area contributed by atoms with Gasteiger partial charge in [-0.15, -0.1) is 10.1 Å². The number of nitrogens with zero attached hydrogens (tertiary/aromatic N) is 1. The first kappa shape index (κ1) is 15.6. The van der Waals surface area contributed by atoms with Crippen LogP contribution in [0.3, 0.4) is 0 Å². The van der Waals surface area contributed by atoms with Crippen LogP contribution in [-0.4, -0.2) is 30.9 Å². The number of anilines is 1. The maximum Gasteiger partial charge on any atom is 0.291 e. The Labute approximate surface area is 103 Å². The minimum absolute atomic E-state index is 0.198. The molecule has 0 bridgehead atoms. The molecule has 18 heavy (non-hydrogen) atoms. The largest absolute Gasteiger partial charge is 0.370 e. The van der Waals surface area contributed by atoms with E-state index in [2.05, 4.69) is 5.32 Å². The van der Waals surface area contributed by atoms with Crippen LogP contribution in [0.2, 0.25) is 0 Å². The van der Waals surface area contributed by atoms with Gasteiger partial charge in [0, 0.05) is 11.9 Å². The van der Waals surface area contributed by atoms with E-state index in [1.165, 1.54) is 12.1 Å². The zero-order valence-corrected chi connectivity index (χ0v) is 10.1. The number of nitrogens with two attached hydrogens (primary N) is 1. The van der Waals surface area contributed by atoms with Crippen LogP contribution in [-0.2, 0) is 9.84 Å². The summed E-state index contributed by atoms with van der Waals surface area (Å²) in [6.07, 6.45) is 1.12. The lowest BCUT2D eigenvalue weighted by atomic mass is 10.3. The number of hydrogen-bond donors (Lipinski definition) is 4. The van der Waals surface area contributed by atoms with Gasteiger partial charge < -0.3 is 16.3 Å². The highest BCUT2D eigenvalue weighted by Crippen LogP contribution is 2.14. The number of nitrogens with one attached hydrogen (secondary N) is 2. The predicted molar refractivity (Wildman–Crippen MR) is 63.9 cm³/mol. The van der Waals surface area contributed by atoms with Crippen LogP contribution in [0, 0.1) is 15.5 Å². The van der Waals surface area contributed by atoms with Crippen molar-refractivity contribution in [3.63, 3.8) is 0 Å². The van der Waals surface area contributed by atoms with Crippen LogP contribution in [0.1, 0.15) is 0 Å². The third kappa shape index (κ3) is 7.00. The van der Waals surface area contributed by atoms with Crippen molar-refractivity contribution in [2.75, 3.05) is 11.6 Å². The molecular weight excluding hydrogens is 264 g/mol. The van der Waals surface area contributed by atoms with Gasteiger partial charge in [0.15, 0.2) is 15.8 Å². The molecule has 0 aliphatic heterocycles. The molecule has 0 aliphatic rings. The van der Waals surface area contributed by atoms with E-state index >= 15 is 0 Å². The van der Waals surface area contributed by atoms with Crippen LogP contribution in [0.25, 0.3) is 0 Å². The summed E-state index contributed by atoms with van der Waals surface area (Å²) in [6.45, 7) is 0. The Hall–Kier alpha value is -2.36. The SMILES string of the molecule is CS(=O)(=O)c1cccc(NC(=N)N)c1.O=[N+]([O-])O. The molecule has 0 heterocycles. The van der Waals surface area contributed by atoms with Crippen LogP contribution < -0.4 is 11.1 Å². The van der Waals surface area contributed by atoms with Crippen LogP contribution >= 0.6 is 0 Å². The maximum atomic E-state index is 11.2. The number of hydrogen-bond acceptors (Lipinski definition) is 5. The Morgan fingerprint density at radius 1 is 1.56 bits per heavy atom. The van der Waals surface area contributed by atoms with Gasteiger partial charge in [-0.1, -0.05) is 6.07 Å². The average Bonchev–Trinajstić information content (AvgIpc) is 2.14. The Bertz CT molecular complexity index is 538. The Morgan fingerprint density at radius 3 is 2.44 bits per heavy atom. The summed E-state index contributed by atoms with van der Waals surface area (Å²) < 4.78 is 22.3. The molecule has 5 N–H and O–H groups in total. The van der Waals surface area contributed by atoms with Crippen molar-refractivity contribution in [3.8, 4) is 0 Å². The monoisotopic (exact) mass is 276 g/mol. The molecule has 0 saturated carbocycles. The summed E-state index contributed by atoms with van der Waals surface area (Å²) in [5, 5.41) is 23.1. The third-order valence-electron chi connectivity index (χ3n) is 1.54. The molecule has 1 aromatic rings. The van der Waals surface area contributed by atoms with E-state index in [0.717, 1.165) is 6.26 Å². The molecule has 0 unspecified atom stereocenters. The van der Waals surface area contributed by atoms with Gasteiger partial charge >= 0.3 is 0 Å². The van der Waals surface area contributed by atoms with Gasteiger partial charge in [-0.05, 0) is 18.2 Å². The number of rotatable bonds is 2. The fourth-order valence-corrected chi connectivity index (χ4v) is 1.63. The molecule has 1 aromatic carbocycles. The molecular formula is C8H12N4O5S. The molecule has 0 radical (unpaired) electrons. The minimum atomic E-state index is -3.21. The summed E-state index contributed by atoms with van der Waals surface area (Å²) in [7, 11) is -3.21. The van der Waals surface area contributed by atoms with E-state index in [4.69, 9.17) is 26.5 Å². The second-order valence-corrected chi connectivity index (χ2v) is 5.09. The molecule has 9 nitrogen and oxygen atoms in total. The summed E-state index contributed by atoms with van der Waals surface area (Å²) >= 11 is 0. The zero-order valence-electron chi connectivity index (χ0n) is 9.32. The Balaban J connectivity index is 0.000000631. The molecule has 0 amide bonds. The van der Waals surface area contributed by atoms with E-state index in [0.29, 0.717) is 5.69 Å². The second-order valence-electron chi connectivity index (χ2n) is 3.08. The van der Waals surface area contributed by atoms with Gasteiger partial charge in [0.05, 0.1) is 4.90 Å². The average molecular weight is 276 g/mol. The van der Waals surface area contributed by atoms with Crippen molar-refractivity contribution in [3.05, 3.63) is 34.4 Å². The molecule has 10 heteroatoms. The molecule has 0 spiro atoms. The van der Waals surface area contributed by atoms with Crippen molar-refractivity contribution in [1.29, 1.82) is 5.41 Å². The van der Waals surface area contributed by atoms with Crippen LogP contribution in [0.4, 0.5) is 5.69 Å². The maximum absolute atomic E-state index is 11.2. The standard InChI is InChI=1S/C8H11N3O2S.HNO3/c1-14(12,13)7-4-2-3-6(5-7)11-8(9)10;2-1(3)4/h2-5H,1H3,(H4,9,10,11);(H,2,3,4). The normalized spacial score (nSPS) is 9.83. The third-order valence-corrected chi connectivity index (χ3v) is 2.65. The smallest absolute Gasteiger partial charge is 0.291 e. The highest BCUT2D eigenvalue weighted by Gasteiger charge is 2.06. The lowest BCUT2D eigenvalue weighted by Crippen LogP contribution is -2.20. The lowest BCUT2D eigenvalue weighted by Gasteiger charge is -2.04. The molecule has 100 valence electrons. The first-order valence-corrected chi connectivity index (χ1v) is 6.26. The van der Waals surface area contributed by atoms with Gasteiger partial charge in [0.25, 0.3) is 5.09 Å². The van der Waals surface area contributed by atoms with Gasteiger partial charge in [0.2, 0.25) is 0 Å². The molecule has 0 fully saturated rings. The van der Waals surface area contributed by atoms with E-state index in [1.807, 2.05) is 0 Å². The zero-order chi connectivity index (χ0) is 14.3. The summed E-state index contributed by atoms with van der Waals surface area (Å²) in [6, 6.07) is 6.13. The second kappa shape index (κ2) is 6.39. The van der Waals surface area contributed by atoms with E-state index in [1.54, 1.807) is 12.1 Å². The van der Waals surface area contributed by atoms with E-state index < -0.39 is 14.9 Å². The molecule has 1 rings (SSSR count). The summed E-state index contributed by atoms with van der Waals surface area (Å²) in [4.78, 5) is 8.56. The topological polar surface area (TPSA) is 159 Å². The summed E-state index contributed by atoms with van der Waals surface area (Å²) in [5.41, 5.74) is 5.59. The first-order valence-electron chi connectivity index (χ1n) is 4.37.